The summed E-state index contributed by atoms with van der Waals surface area (Å²) in [5, 5.41) is 2.66. The van der Waals surface area contributed by atoms with Crippen LogP contribution < -0.4 is 35.3 Å². The van der Waals surface area contributed by atoms with Crippen molar-refractivity contribution in [2.75, 3.05) is 0 Å². The molecule has 3 heteroatoms. The Kier molecular flexibility index (Phi) is 13.3. The average Bonchev–Trinajstić information content (AvgIpc) is 3.69. The van der Waals surface area contributed by atoms with Gasteiger partial charge >= 0.3 is 26.2 Å². The van der Waals surface area contributed by atoms with Crippen molar-refractivity contribution in [2.45, 2.75) is 144 Å². The second-order valence-corrected chi connectivity index (χ2v) is 23.5. The first-order valence-corrected chi connectivity index (χ1v) is 22.8. The third-order valence-corrected chi connectivity index (χ3v) is 15.0. The second-order valence-electron chi connectivity index (χ2n) is 23.5. The number of fused-ring (bicyclic) bond motifs is 3. The molecule has 4 bridgehead atoms. The molecule has 0 spiro atoms. The average molecular weight is 928 g/mol. The summed E-state index contributed by atoms with van der Waals surface area (Å²) in [7, 11) is 0. The fourth-order valence-electron chi connectivity index (χ4n) is 12.2. The van der Waals surface area contributed by atoms with Gasteiger partial charge in [-0.3, -0.25) is 0 Å². The first kappa shape index (κ1) is 48.0. The van der Waals surface area contributed by atoms with Gasteiger partial charge in [0.05, 0.1) is 0 Å². The Balaban J connectivity index is 0.00000207. The molecule has 61 heavy (non-hydrogen) atoms. The Labute approximate surface area is 401 Å². The van der Waals surface area contributed by atoms with Gasteiger partial charge in [-0.05, 0) is 128 Å². The van der Waals surface area contributed by atoms with Gasteiger partial charge in [-0.1, -0.05) is 191 Å². The van der Waals surface area contributed by atoms with Crippen LogP contribution in [0.3, 0.4) is 0 Å². The molecule has 319 valence electrons. The second kappa shape index (κ2) is 16.8. The van der Waals surface area contributed by atoms with Gasteiger partial charge in [0.2, 0.25) is 0 Å². The van der Waals surface area contributed by atoms with Crippen LogP contribution in [0, 0.1) is 35.5 Å². The predicted molar refractivity (Wildman–Crippen MR) is 249 cm³/mol. The first-order valence-electron chi connectivity index (χ1n) is 22.8. The Hall–Kier alpha value is -2.44. The summed E-state index contributed by atoms with van der Waals surface area (Å²) >= 11 is 0. The van der Waals surface area contributed by atoms with E-state index in [1.165, 1.54) is 109 Å². The molecule has 4 aromatic carbocycles. The van der Waals surface area contributed by atoms with Gasteiger partial charge in [0, 0.05) is 0 Å². The summed E-state index contributed by atoms with van der Waals surface area (Å²) in [6.45, 7) is 30.8. The van der Waals surface area contributed by atoms with Gasteiger partial charge in [0.1, 0.15) is 0 Å². The van der Waals surface area contributed by atoms with Crippen molar-refractivity contribution >= 4 is 17.2 Å². The Morgan fingerprint density at radius 3 is 1.49 bits per heavy atom. The van der Waals surface area contributed by atoms with E-state index in [9.17, 15) is 0 Å². The SMILES string of the molecule is CC1C=C(C2C3CC4CC(C3)CC2C4)C=C1c1c(C(C)(C)C)c(=C(c2ccc(C(C)(C)C)cc2)c2ccc(C(C)(C)C)cc2)cc2c1=[C-]c1cc(C(C)(C)C)ccc1-2.[Cl-].[Cl-].[Zr+3]. The first-order chi connectivity index (χ1) is 27.1. The van der Waals surface area contributed by atoms with Crippen LogP contribution in [0.2, 0.25) is 0 Å². The molecule has 0 amide bonds. The zero-order valence-corrected chi connectivity index (χ0v) is 43.3. The Morgan fingerprint density at radius 2 is 1.03 bits per heavy atom. The van der Waals surface area contributed by atoms with E-state index in [0.29, 0.717) is 5.92 Å². The van der Waals surface area contributed by atoms with E-state index < -0.39 is 0 Å². The number of allylic oxidation sites excluding steroid dienone is 4. The molecule has 10 rings (SSSR count). The fourth-order valence-corrected chi connectivity index (χ4v) is 12.2. The van der Waals surface area contributed by atoms with Gasteiger partial charge < -0.3 is 24.8 Å². The zero-order chi connectivity index (χ0) is 41.3. The molecule has 4 fully saturated rings. The van der Waals surface area contributed by atoms with Crippen LogP contribution in [0.5, 0.6) is 0 Å². The summed E-state index contributed by atoms with van der Waals surface area (Å²) in [6.07, 6.45) is 16.9. The van der Waals surface area contributed by atoms with Crippen LogP contribution in [0.25, 0.3) is 28.3 Å². The van der Waals surface area contributed by atoms with Crippen LogP contribution >= 0.6 is 0 Å². The van der Waals surface area contributed by atoms with E-state index >= 15 is 0 Å². The smallest absolute Gasteiger partial charge is 1.00 e. The molecule has 0 aromatic heterocycles. The molecular weight excluding hydrogens is 859 g/mol. The van der Waals surface area contributed by atoms with Gasteiger partial charge in [-0.15, -0.1) is 34.1 Å². The third-order valence-electron chi connectivity index (χ3n) is 15.0. The van der Waals surface area contributed by atoms with Crippen molar-refractivity contribution < 1.29 is 51.0 Å². The molecule has 0 aliphatic heterocycles. The van der Waals surface area contributed by atoms with Crippen LogP contribution in [0.4, 0.5) is 0 Å². The van der Waals surface area contributed by atoms with Crippen molar-refractivity contribution in [1.82, 2.24) is 0 Å². The van der Waals surface area contributed by atoms with E-state index in [0.717, 1.165) is 29.6 Å². The van der Waals surface area contributed by atoms with Gasteiger partial charge in [0.15, 0.2) is 0 Å². The summed E-state index contributed by atoms with van der Waals surface area (Å²) in [5.41, 5.74) is 18.0. The van der Waals surface area contributed by atoms with E-state index in [-0.39, 0.29) is 72.7 Å². The predicted octanol–water partition coefficient (Wildman–Crippen LogP) is 7.85. The van der Waals surface area contributed by atoms with E-state index in [1.54, 1.807) is 5.57 Å². The molecule has 1 unspecified atom stereocenters. The maximum Gasteiger partial charge on any atom is 3.00 e. The molecule has 4 saturated carbocycles. The van der Waals surface area contributed by atoms with Gasteiger partial charge in [-0.25, -0.2) is 0 Å². The minimum atomic E-state index is -0.138. The van der Waals surface area contributed by atoms with Crippen LogP contribution in [0.1, 0.15) is 167 Å². The molecular formula is C58H69Cl2Zr. The fraction of sp³-hybridized carbons (Fsp3) is 0.483. The standard InChI is InChI=1S/C58H69.2ClH.Zr/c1-34-24-40(51-41-26-35-25-36(28-41)29-42(51)27-35)32-47(34)53-49-31-39-30-45(57(8,9)10)22-23-46(39)48(49)33-50(54(53)58(11,12)13)52(37-14-18-43(19-15-37)55(2,3)4)38-16-20-44(21-17-38)56(5,6)7;;;/h14-24,30,32-36,41-42,51H,25-29H2,1-13H3;2*1H;/q-1;;;+3/p-2. The summed E-state index contributed by atoms with van der Waals surface area (Å²) in [6, 6.07) is 28.9. The van der Waals surface area contributed by atoms with Gasteiger partial charge in [-0.2, -0.15) is 0 Å². The van der Waals surface area contributed by atoms with Gasteiger partial charge in [0.25, 0.3) is 0 Å². The molecule has 0 saturated heterocycles. The number of halogens is 2. The van der Waals surface area contributed by atoms with Crippen molar-refractivity contribution in [3.05, 3.63) is 145 Å². The van der Waals surface area contributed by atoms with Crippen molar-refractivity contribution in [3.63, 3.8) is 0 Å². The maximum absolute atomic E-state index is 4.14. The number of benzene rings is 4. The van der Waals surface area contributed by atoms with E-state index in [2.05, 4.69) is 181 Å². The number of hydrogen-bond donors (Lipinski definition) is 0. The molecule has 0 N–H and O–H groups in total. The maximum atomic E-state index is 4.14. The van der Waals surface area contributed by atoms with E-state index in [4.69, 9.17) is 0 Å². The molecule has 6 aliphatic carbocycles. The number of rotatable bonds is 4. The zero-order valence-electron chi connectivity index (χ0n) is 39.3. The summed E-state index contributed by atoms with van der Waals surface area (Å²) in [5.74, 6) is 4.79. The van der Waals surface area contributed by atoms with Crippen molar-refractivity contribution in [3.8, 4) is 11.1 Å². The minimum Gasteiger partial charge on any atom is -1.00 e. The third kappa shape index (κ3) is 8.74. The van der Waals surface area contributed by atoms with Crippen LogP contribution in [-0.2, 0) is 47.9 Å². The summed E-state index contributed by atoms with van der Waals surface area (Å²) in [4.78, 5) is 0. The molecule has 4 aromatic rings. The Bertz CT molecular complexity index is 2400. The quantitative estimate of drug-likeness (QED) is 0.161. The summed E-state index contributed by atoms with van der Waals surface area (Å²) < 4.78 is 0. The van der Waals surface area contributed by atoms with Crippen molar-refractivity contribution in [2.24, 2.45) is 35.5 Å². The van der Waals surface area contributed by atoms with Crippen molar-refractivity contribution in [1.29, 1.82) is 0 Å². The minimum absolute atomic E-state index is 0. The van der Waals surface area contributed by atoms with Crippen LogP contribution in [0.15, 0.2) is 90.5 Å². The largest absolute Gasteiger partial charge is 3.00 e. The topological polar surface area (TPSA) is 0 Å². The molecule has 1 radical (unpaired) electrons. The van der Waals surface area contributed by atoms with Crippen LogP contribution in [-0.4, -0.2) is 0 Å². The normalized spacial score (nSPS) is 23.8. The Morgan fingerprint density at radius 1 is 0.557 bits per heavy atom. The molecule has 1 atom stereocenters. The molecule has 0 heterocycles. The molecule has 0 nitrogen and oxygen atoms in total. The number of hydrogen-bond acceptors (Lipinski definition) is 0. The molecule has 6 aliphatic rings. The monoisotopic (exact) mass is 925 g/mol. The van der Waals surface area contributed by atoms with E-state index in [1.807, 2.05) is 0 Å².